The predicted octanol–water partition coefficient (Wildman–Crippen LogP) is 3.69. The molecule has 8 nitrogen and oxygen atoms in total. The molecule has 0 aliphatic carbocycles. The molecule has 1 fully saturated rings. The third-order valence-corrected chi connectivity index (χ3v) is 4.39. The molecule has 0 spiro atoms. The van der Waals surface area contributed by atoms with Crippen LogP contribution in [-0.4, -0.2) is 46.8 Å². The number of ether oxygens (including phenoxy) is 2. The molecule has 0 radical (unpaired) electrons. The molecule has 11 heteroatoms. The van der Waals surface area contributed by atoms with E-state index >= 15 is 0 Å². The van der Waals surface area contributed by atoms with Crippen LogP contribution in [0.1, 0.15) is 18.5 Å². The van der Waals surface area contributed by atoms with Crippen LogP contribution < -0.4 is 14.8 Å². The predicted molar refractivity (Wildman–Crippen MR) is 111 cm³/mol. The Balaban J connectivity index is 0.000000414. The van der Waals surface area contributed by atoms with Crippen molar-refractivity contribution in [2.45, 2.75) is 19.8 Å². The van der Waals surface area contributed by atoms with E-state index in [-0.39, 0.29) is 5.88 Å². The molecule has 1 aliphatic heterocycles. The number of benzene rings is 1. The number of nitrogens with zero attached hydrogens (tertiary/aromatic N) is 1. The molecule has 1 aromatic heterocycles. The van der Waals surface area contributed by atoms with E-state index in [2.05, 4.69) is 10.3 Å². The Labute approximate surface area is 187 Å². The zero-order valence-electron chi connectivity index (χ0n) is 17.7. The van der Waals surface area contributed by atoms with Crippen molar-refractivity contribution >= 4 is 11.9 Å². The van der Waals surface area contributed by atoms with Crippen LogP contribution in [-0.2, 0) is 9.59 Å². The van der Waals surface area contributed by atoms with Crippen molar-refractivity contribution in [3.05, 3.63) is 59.6 Å². The number of carboxylic acids is 2. The number of aryl methyl sites for hydroxylation is 1. The van der Waals surface area contributed by atoms with Crippen molar-refractivity contribution in [3.8, 4) is 17.4 Å². The molecule has 33 heavy (non-hydrogen) atoms. The van der Waals surface area contributed by atoms with Crippen molar-refractivity contribution in [1.29, 1.82) is 0 Å². The van der Waals surface area contributed by atoms with Gasteiger partial charge in [-0.05, 0) is 38.4 Å². The number of halogens is 3. The number of piperidine rings is 1. The molecule has 0 amide bonds. The van der Waals surface area contributed by atoms with Crippen LogP contribution >= 0.6 is 0 Å². The number of carbonyl (C=O) groups is 2. The normalized spacial score (nSPS) is 15.5. The highest BCUT2D eigenvalue weighted by Crippen LogP contribution is 2.32. The second kappa shape index (κ2) is 12.4. The summed E-state index contributed by atoms with van der Waals surface area (Å²) in [4.78, 5) is 23.3. The standard InChI is InChI=1S/C18H19F3N2O2.C4H4O4/c1-11-4-5-16(24-10-12-3-2-6-22-9-12)18(23-11)25-17-8-14(20)13(19)7-15(17)21;5-3(6)1-2-4(7)8/h4-5,7-8,12,22H,2-3,6,9-10H2,1H3;1-2H,(H,5,6)(H,7,8)/b;2-1+/t12-;/m0./s1. The second-order valence-corrected chi connectivity index (χ2v) is 7.09. The molecular weight excluding hydrogens is 445 g/mol. The van der Waals surface area contributed by atoms with Gasteiger partial charge in [0.15, 0.2) is 29.0 Å². The second-order valence-electron chi connectivity index (χ2n) is 7.09. The monoisotopic (exact) mass is 468 g/mol. The van der Waals surface area contributed by atoms with Gasteiger partial charge in [0, 0.05) is 42.4 Å². The summed E-state index contributed by atoms with van der Waals surface area (Å²) in [7, 11) is 0. The Kier molecular flexibility index (Phi) is 9.67. The number of carboxylic acid groups (broad SMARTS) is 2. The van der Waals surface area contributed by atoms with Crippen molar-refractivity contribution in [2.75, 3.05) is 19.7 Å². The number of hydrogen-bond acceptors (Lipinski definition) is 6. The van der Waals surface area contributed by atoms with E-state index in [9.17, 15) is 22.8 Å². The van der Waals surface area contributed by atoms with Crippen LogP contribution in [0.5, 0.6) is 17.4 Å². The van der Waals surface area contributed by atoms with E-state index in [1.54, 1.807) is 19.1 Å². The van der Waals surface area contributed by atoms with Gasteiger partial charge < -0.3 is 25.0 Å². The Morgan fingerprint density at radius 1 is 1.09 bits per heavy atom. The first kappa shape index (κ1) is 25.7. The van der Waals surface area contributed by atoms with Gasteiger partial charge in [-0.15, -0.1) is 0 Å². The lowest BCUT2D eigenvalue weighted by Gasteiger charge is -2.23. The highest BCUT2D eigenvalue weighted by molar-refractivity contribution is 5.89. The topological polar surface area (TPSA) is 118 Å². The van der Waals surface area contributed by atoms with Gasteiger partial charge in [-0.2, -0.15) is 0 Å². The fraction of sp³-hybridized carbons (Fsp3) is 0.318. The minimum atomic E-state index is -1.27. The highest BCUT2D eigenvalue weighted by atomic mass is 19.2. The average Bonchev–Trinajstić information content (AvgIpc) is 2.76. The lowest BCUT2D eigenvalue weighted by Crippen LogP contribution is -2.33. The van der Waals surface area contributed by atoms with E-state index in [4.69, 9.17) is 19.7 Å². The largest absolute Gasteiger partial charge is 0.488 e. The molecule has 1 aliphatic rings. The Bertz CT molecular complexity index is 994. The van der Waals surface area contributed by atoms with Gasteiger partial charge in [-0.1, -0.05) is 0 Å². The van der Waals surface area contributed by atoms with Gasteiger partial charge in [-0.25, -0.2) is 27.7 Å². The van der Waals surface area contributed by atoms with Crippen LogP contribution in [0.3, 0.4) is 0 Å². The summed E-state index contributed by atoms with van der Waals surface area (Å²) < 4.78 is 51.4. The lowest BCUT2D eigenvalue weighted by molar-refractivity contribution is -0.134. The zero-order chi connectivity index (χ0) is 24.4. The summed E-state index contributed by atoms with van der Waals surface area (Å²) in [6, 6.07) is 4.51. The number of aliphatic carboxylic acids is 2. The van der Waals surface area contributed by atoms with Crippen LogP contribution in [0, 0.1) is 30.3 Å². The number of aromatic nitrogens is 1. The van der Waals surface area contributed by atoms with Crippen molar-refractivity contribution in [3.63, 3.8) is 0 Å². The minimum absolute atomic E-state index is 0.0219. The van der Waals surface area contributed by atoms with Crippen molar-refractivity contribution in [1.82, 2.24) is 10.3 Å². The molecule has 178 valence electrons. The Morgan fingerprint density at radius 3 is 2.36 bits per heavy atom. The van der Waals surface area contributed by atoms with Crippen LogP contribution in [0.25, 0.3) is 0 Å². The maximum absolute atomic E-state index is 13.8. The molecule has 1 atom stereocenters. The summed E-state index contributed by atoms with van der Waals surface area (Å²) in [5.41, 5.74) is 0.629. The smallest absolute Gasteiger partial charge is 0.328 e. The maximum Gasteiger partial charge on any atom is 0.328 e. The van der Waals surface area contributed by atoms with Crippen LogP contribution in [0.4, 0.5) is 13.2 Å². The van der Waals surface area contributed by atoms with Crippen LogP contribution in [0.2, 0.25) is 0 Å². The van der Waals surface area contributed by atoms with Crippen LogP contribution in [0.15, 0.2) is 36.4 Å². The number of rotatable bonds is 7. The first-order valence-corrected chi connectivity index (χ1v) is 9.93. The van der Waals surface area contributed by atoms with Gasteiger partial charge in [0.25, 0.3) is 5.88 Å². The summed E-state index contributed by atoms with van der Waals surface area (Å²) in [5, 5.41) is 18.9. The molecular formula is C22H23F3N2O6. The van der Waals surface area contributed by atoms with E-state index < -0.39 is 35.1 Å². The summed E-state index contributed by atoms with van der Waals surface area (Å²) in [6.07, 6.45) is 3.26. The number of pyridine rings is 1. The van der Waals surface area contributed by atoms with E-state index in [1.807, 2.05) is 0 Å². The van der Waals surface area contributed by atoms with Gasteiger partial charge in [0.2, 0.25) is 0 Å². The van der Waals surface area contributed by atoms with Gasteiger partial charge in [0.05, 0.1) is 6.61 Å². The molecule has 3 N–H and O–H groups in total. The molecule has 0 unspecified atom stereocenters. The molecule has 0 bridgehead atoms. The van der Waals surface area contributed by atoms with Gasteiger partial charge >= 0.3 is 11.9 Å². The SMILES string of the molecule is Cc1ccc(OC[C@H]2CCCNC2)c(Oc2cc(F)c(F)cc2F)n1.O=C(O)/C=C/C(=O)O. The number of nitrogens with one attached hydrogen (secondary N) is 1. The molecule has 1 aromatic carbocycles. The lowest BCUT2D eigenvalue weighted by atomic mass is 10.0. The quantitative estimate of drug-likeness (QED) is 0.416. The maximum atomic E-state index is 13.8. The fourth-order valence-electron chi connectivity index (χ4n) is 2.81. The third-order valence-electron chi connectivity index (χ3n) is 4.39. The molecule has 0 saturated carbocycles. The summed E-state index contributed by atoms with van der Waals surface area (Å²) >= 11 is 0. The minimum Gasteiger partial charge on any atom is -0.488 e. The van der Waals surface area contributed by atoms with Gasteiger partial charge in [-0.3, -0.25) is 0 Å². The summed E-state index contributed by atoms with van der Waals surface area (Å²) in [5.74, 6) is -5.72. The fourth-order valence-corrected chi connectivity index (χ4v) is 2.81. The van der Waals surface area contributed by atoms with E-state index in [0.717, 1.165) is 25.9 Å². The van der Waals surface area contributed by atoms with Crippen molar-refractivity contribution < 1.29 is 42.4 Å². The average molecular weight is 468 g/mol. The third kappa shape index (κ3) is 8.81. The molecule has 2 aromatic rings. The van der Waals surface area contributed by atoms with Gasteiger partial charge in [0.1, 0.15) is 0 Å². The first-order valence-electron chi connectivity index (χ1n) is 9.93. The van der Waals surface area contributed by atoms with E-state index in [0.29, 0.717) is 48.3 Å². The zero-order valence-corrected chi connectivity index (χ0v) is 17.7. The molecule has 2 heterocycles. The Hall–Kier alpha value is -3.60. The molecule has 3 rings (SSSR count). The van der Waals surface area contributed by atoms with E-state index in [1.165, 1.54) is 0 Å². The van der Waals surface area contributed by atoms with Crippen molar-refractivity contribution in [2.24, 2.45) is 5.92 Å². The summed E-state index contributed by atoms with van der Waals surface area (Å²) in [6.45, 7) is 4.08. The molecule has 1 saturated heterocycles. The number of hydrogen-bond donors (Lipinski definition) is 3. The highest BCUT2D eigenvalue weighted by Gasteiger charge is 2.18. The first-order chi connectivity index (χ1) is 15.7. The Morgan fingerprint density at radius 2 is 1.76 bits per heavy atom.